The van der Waals surface area contributed by atoms with Gasteiger partial charge in [0.25, 0.3) is 5.91 Å². The Morgan fingerprint density at radius 3 is 2.31 bits per heavy atom. The summed E-state index contributed by atoms with van der Waals surface area (Å²) >= 11 is 0. The molecule has 0 aromatic heterocycles. The molecule has 0 aliphatic heterocycles. The fourth-order valence-corrected chi connectivity index (χ4v) is 3.07. The fourth-order valence-electron chi connectivity index (χ4n) is 3.07. The molecule has 0 radical (unpaired) electrons. The van der Waals surface area contributed by atoms with Gasteiger partial charge in [0.05, 0.1) is 12.6 Å². The predicted octanol–water partition coefficient (Wildman–Crippen LogP) is 4.36. The largest absolute Gasteiger partial charge is 0.494 e. The van der Waals surface area contributed by atoms with Crippen LogP contribution >= 0.6 is 0 Å². The fraction of sp³-hybridized carbons (Fsp3) is 0.381. The van der Waals surface area contributed by atoms with Crippen LogP contribution in [0.25, 0.3) is 0 Å². The van der Waals surface area contributed by atoms with Crippen LogP contribution in [-0.2, 0) is 4.79 Å². The highest BCUT2D eigenvalue weighted by atomic mass is 19.1. The van der Waals surface area contributed by atoms with E-state index in [0.29, 0.717) is 17.9 Å². The first-order valence-corrected chi connectivity index (χ1v) is 9.01. The summed E-state index contributed by atoms with van der Waals surface area (Å²) in [6.07, 6.45) is 1.90. The van der Waals surface area contributed by atoms with Crippen molar-refractivity contribution in [2.45, 2.75) is 38.8 Å². The molecule has 0 bridgehead atoms. The van der Waals surface area contributed by atoms with Crippen molar-refractivity contribution in [3.63, 3.8) is 0 Å². The van der Waals surface area contributed by atoms with Gasteiger partial charge in [0, 0.05) is 11.6 Å². The molecule has 1 saturated carbocycles. The maximum absolute atomic E-state index is 14.1. The molecule has 0 heterocycles. The molecule has 138 valence electrons. The van der Waals surface area contributed by atoms with Gasteiger partial charge in [-0.25, -0.2) is 4.39 Å². The van der Waals surface area contributed by atoms with Crippen molar-refractivity contribution in [2.24, 2.45) is 0 Å². The third kappa shape index (κ3) is 4.34. The normalized spacial score (nSPS) is 14.6. The molecule has 4 nitrogen and oxygen atoms in total. The topological polar surface area (TPSA) is 38.8 Å². The highest BCUT2D eigenvalue weighted by Crippen LogP contribution is 2.35. The zero-order valence-corrected chi connectivity index (χ0v) is 15.2. The van der Waals surface area contributed by atoms with Gasteiger partial charge < -0.3 is 14.4 Å². The second-order valence-corrected chi connectivity index (χ2v) is 6.42. The van der Waals surface area contributed by atoms with Gasteiger partial charge in [-0.1, -0.05) is 18.2 Å². The van der Waals surface area contributed by atoms with Crippen LogP contribution in [0.15, 0.2) is 48.5 Å². The van der Waals surface area contributed by atoms with Crippen molar-refractivity contribution in [2.75, 3.05) is 13.2 Å². The van der Waals surface area contributed by atoms with E-state index in [1.54, 1.807) is 35.2 Å². The Bertz CT molecular complexity index is 743. The minimum atomic E-state index is -0.319. The van der Waals surface area contributed by atoms with Crippen LogP contribution < -0.4 is 9.47 Å². The Hall–Kier alpha value is -2.56. The first kappa shape index (κ1) is 18.2. The van der Waals surface area contributed by atoms with Crippen LogP contribution in [0, 0.1) is 5.82 Å². The maximum atomic E-state index is 14.1. The van der Waals surface area contributed by atoms with E-state index in [-0.39, 0.29) is 30.4 Å². The molecule has 0 spiro atoms. The average Bonchev–Trinajstić information content (AvgIpc) is 3.47. The zero-order chi connectivity index (χ0) is 18.5. The van der Waals surface area contributed by atoms with E-state index in [1.807, 2.05) is 26.0 Å². The molecule has 0 N–H and O–H groups in total. The molecule has 1 fully saturated rings. The highest BCUT2D eigenvalue weighted by molar-refractivity contribution is 5.79. The van der Waals surface area contributed by atoms with E-state index in [4.69, 9.17) is 9.47 Å². The zero-order valence-electron chi connectivity index (χ0n) is 15.2. The van der Waals surface area contributed by atoms with Gasteiger partial charge in [-0.05, 0) is 57.0 Å². The Kier molecular flexibility index (Phi) is 5.76. The SMILES string of the molecule is CCOc1ccc(OCC(=O)N(C2CC2)C(C)c2ccccc2F)cc1. The van der Waals surface area contributed by atoms with E-state index < -0.39 is 0 Å². The first-order valence-electron chi connectivity index (χ1n) is 9.01. The number of carbonyl (C=O) groups excluding carboxylic acids is 1. The molecule has 1 atom stereocenters. The molecule has 2 aromatic rings. The second-order valence-electron chi connectivity index (χ2n) is 6.42. The molecular formula is C21H24FNO3. The number of ether oxygens (including phenoxy) is 2. The summed E-state index contributed by atoms with van der Waals surface area (Å²) in [5.41, 5.74) is 0.536. The maximum Gasteiger partial charge on any atom is 0.261 e. The van der Waals surface area contributed by atoms with Crippen LogP contribution in [0.4, 0.5) is 4.39 Å². The van der Waals surface area contributed by atoms with Gasteiger partial charge in [0.15, 0.2) is 6.61 Å². The molecule has 26 heavy (non-hydrogen) atoms. The standard InChI is InChI=1S/C21H24FNO3/c1-3-25-17-10-12-18(13-11-17)26-14-21(24)23(16-8-9-16)15(2)19-6-4-5-7-20(19)22/h4-7,10-13,15-16H,3,8-9,14H2,1-2H3. The number of amides is 1. The van der Waals surface area contributed by atoms with Gasteiger partial charge in [0.1, 0.15) is 17.3 Å². The molecule has 1 aliphatic carbocycles. The molecular weight excluding hydrogens is 333 g/mol. The number of hydrogen-bond donors (Lipinski definition) is 0. The van der Waals surface area contributed by atoms with Crippen molar-refractivity contribution in [3.8, 4) is 11.5 Å². The Labute approximate surface area is 153 Å². The van der Waals surface area contributed by atoms with Gasteiger partial charge in [-0.2, -0.15) is 0 Å². The van der Waals surface area contributed by atoms with E-state index in [1.165, 1.54) is 6.07 Å². The van der Waals surface area contributed by atoms with Crippen molar-refractivity contribution >= 4 is 5.91 Å². The van der Waals surface area contributed by atoms with Crippen LogP contribution in [0.5, 0.6) is 11.5 Å². The van der Waals surface area contributed by atoms with E-state index >= 15 is 0 Å². The molecule has 2 aromatic carbocycles. The van der Waals surface area contributed by atoms with Crippen LogP contribution in [0.2, 0.25) is 0 Å². The predicted molar refractivity (Wildman–Crippen MR) is 97.8 cm³/mol. The summed E-state index contributed by atoms with van der Waals surface area (Å²) in [4.78, 5) is 14.5. The van der Waals surface area contributed by atoms with E-state index in [2.05, 4.69) is 0 Å². The lowest BCUT2D eigenvalue weighted by atomic mass is 10.1. The number of halogens is 1. The Morgan fingerprint density at radius 2 is 1.73 bits per heavy atom. The van der Waals surface area contributed by atoms with Crippen molar-refractivity contribution < 1.29 is 18.7 Å². The van der Waals surface area contributed by atoms with Crippen molar-refractivity contribution in [1.29, 1.82) is 0 Å². The number of carbonyl (C=O) groups is 1. The quantitative estimate of drug-likeness (QED) is 0.705. The third-order valence-corrected chi connectivity index (χ3v) is 4.50. The van der Waals surface area contributed by atoms with Crippen LogP contribution in [-0.4, -0.2) is 30.1 Å². The molecule has 1 unspecified atom stereocenters. The summed E-state index contributed by atoms with van der Waals surface area (Å²) in [6.45, 7) is 4.32. The lowest BCUT2D eigenvalue weighted by molar-refractivity contribution is -0.136. The summed E-state index contributed by atoms with van der Waals surface area (Å²) in [5.74, 6) is 0.957. The summed E-state index contributed by atoms with van der Waals surface area (Å²) in [7, 11) is 0. The molecule has 0 saturated heterocycles. The number of rotatable bonds is 8. The Balaban J connectivity index is 1.65. The number of hydrogen-bond acceptors (Lipinski definition) is 3. The van der Waals surface area contributed by atoms with E-state index in [0.717, 1.165) is 18.6 Å². The number of benzene rings is 2. The first-order chi connectivity index (χ1) is 12.6. The summed E-state index contributed by atoms with van der Waals surface area (Å²) < 4.78 is 25.1. The molecule has 1 aliphatic rings. The minimum absolute atomic E-state index is 0.0662. The van der Waals surface area contributed by atoms with Crippen LogP contribution in [0.1, 0.15) is 38.3 Å². The molecule has 3 rings (SSSR count). The van der Waals surface area contributed by atoms with Gasteiger partial charge in [-0.15, -0.1) is 0 Å². The number of nitrogens with zero attached hydrogens (tertiary/aromatic N) is 1. The monoisotopic (exact) mass is 357 g/mol. The van der Waals surface area contributed by atoms with Crippen molar-refractivity contribution in [3.05, 3.63) is 59.9 Å². The van der Waals surface area contributed by atoms with Gasteiger partial charge in [0.2, 0.25) is 0 Å². The molecule has 1 amide bonds. The van der Waals surface area contributed by atoms with Gasteiger partial charge >= 0.3 is 0 Å². The van der Waals surface area contributed by atoms with Crippen LogP contribution in [0.3, 0.4) is 0 Å². The van der Waals surface area contributed by atoms with Crippen molar-refractivity contribution in [1.82, 2.24) is 4.90 Å². The minimum Gasteiger partial charge on any atom is -0.494 e. The smallest absolute Gasteiger partial charge is 0.261 e. The summed E-state index contributed by atoms with van der Waals surface area (Å²) in [6, 6.07) is 13.6. The Morgan fingerprint density at radius 1 is 1.12 bits per heavy atom. The lowest BCUT2D eigenvalue weighted by Crippen LogP contribution is -2.39. The molecule has 5 heteroatoms. The lowest BCUT2D eigenvalue weighted by Gasteiger charge is -2.30. The average molecular weight is 357 g/mol. The van der Waals surface area contributed by atoms with Gasteiger partial charge in [-0.3, -0.25) is 4.79 Å². The summed E-state index contributed by atoms with van der Waals surface area (Å²) in [5, 5.41) is 0. The third-order valence-electron chi connectivity index (χ3n) is 4.50. The second kappa shape index (κ2) is 8.21. The van der Waals surface area contributed by atoms with E-state index in [9.17, 15) is 9.18 Å². The highest BCUT2D eigenvalue weighted by Gasteiger charge is 2.37.